The zero-order chi connectivity index (χ0) is 15.5. The lowest BCUT2D eigenvalue weighted by Crippen LogP contribution is -2.37. The van der Waals surface area contributed by atoms with E-state index in [2.05, 4.69) is 15.4 Å². The predicted molar refractivity (Wildman–Crippen MR) is 76.7 cm³/mol. The van der Waals surface area contributed by atoms with Crippen molar-refractivity contribution in [3.8, 4) is 6.07 Å². The van der Waals surface area contributed by atoms with Crippen LogP contribution in [0.2, 0.25) is 0 Å². The van der Waals surface area contributed by atoms with E-state index < -0.39 is 0 Å². The Bertz CT molecular complexity index is 716. The van der Waals surface area contributed by atoms with Crippen molar-refractivity contribution in [2.45, 2.75) is 18.6 Å². The number of aromatic nitrogens is 3. The second kappa shape index (κ2) is 5.95. The Morgan fingerprint density at radius 3 is 3.00 bits per heavy atom. The second-order valence-electron chi connectivity index (χ2n) is 5.08. The maximum atomic E-state index is 12.3. The van der Waals surface area contributed by atoms with Gasteiger partial charge in [-0.2, -0.15) is 10.4 Å². The molecule has 0 aromatic carbocycles. The minimum absolute atomic E-state index is 0.125. The van der Waals surface area contributed by atoms with Crippen LogP contribution in [0.25, 0.3) is 0 Å². The molecule has 112 valence electrons. The minimum Gasteiger partial charge on any atom is -0.370 e. The zero-order valence-electron chi connectivity index (χ0n) is 12.1. The van der Waals surface area contributed by atoms with E-state index in [-0.39, 0.29) is 23.7 Å². The molecule has 2 atom stereocenters. The summed E-state index contributed by atoms with van der Waals surface area (Å²) in [6.07, 6.45) is 3.61. The van der Waals surface area contributed by atoms with E-state index in [1.807, 2.05) is 19.2 Å². The first-order valence-electron chi connectivity index (χ1n) is 6.95. The summed E-state index contributed by atoms with van der Waals surface area (Å²) in [5, 5.41) is 15.8. The second-order valence-corrected chi connectivity index (χ2v) is 5.08. The molecule has 2 aromatic heterocycles. The summed E-state index contributed by atoms with van der Waals surface area (Å²) in [5.74, 6) is -0.271. The molecule has 0 radical (unpaired) electrons. The molecule has 3 rings (SSSR count). The van der Waals surface area contributed by atoms with E-state index in [9.17, 15) is 4.79 Å². The van der Waals surface area contributed by atoms with E-state index in [4.69, 9.17) is 10.00 Å². The van der Waals surface area contributed by atoms with Crippen molar-refractivity contribution >= 4 is 5.91 Å². The number of amides is 1. The van der Waals surface area contributed by atoms with Crippen LogP contribution in [-0.4, -0.2) is 33.3 Å². The Labute approximate surface area is 127 Å². The predicted octanol–water partition coefficient (Wildman–Crippen LogP) is 0.947. The van der Waals surface area contributed by atoms with Gasteiger partial charge in [0, 0.05) is 26.0 Å². The van der Waals surface area contributed by atoms with Crippen molar-refractivity contribution in [1.29, 1.82) is 5.26 Å². The lowest BCUT2D eigenvalue weighted by atomic mass is 10.1. The molecule has 1 aliphatic heterocycles. The molecule has 0 spiro atoms. The van der Waals surface area contributed by atoms with Gasteiger partial charge in [0.15, 0.2) is 0 Å². The number of ether oxygens (including phenoxy) is 1. The molecule has 22 heavy (non-hydrogen) atoms. The highest BCUT2D eigenvalue weighted by molar-refractivity contribution is 5.92. The summed E-state index contributed by atoms with van der Waals surface area (Å²) in [4.78, 5) is 16.3. The first-order valence-corrected chi connectivity index (χ1v) is 6.95. The van der Waals surface area contributed by atoms with Gasteiger partial charge in [-0.05, 0) is 24.6 Å². The fourth-order valence-electron chi connectivity index (χ4n) is 2.53. The number of nitrogens with zero attached hydrogens (tertiary/aromatic N) is 4. The Hall–Kier alpha value is -2.72. The molecule has 0 saturated carbocycles. The fourth-order valence-corrected chi connectivity index (χ4v) is 2.53. The molecule has 7 nitrogen and oxygen atoms in total. The molecule has 1 amide bonds. The van der Waals surface area contributed by atoms with Gasteiger partial charge in [-0.15, -0.1) is 0 Å². The SMILES string of the molecule is Cn1nccc1[C@H]1OCC[C@@H]1NC(=O)c1ccc(C#N)cn1. The average Bonchev–Trinajstić information content (AvgIpc) is 3.15. The lowest BCUT2D eigenvalue weighted by Gasteiger charge is -2.19. The third kappa shape index (κ3) is 2.69. The van der Waals surface area contributed by atoms with Crippen LogP contribution in [0.3, 0.4) is 0 Å². The molecule has 1 aliphatic rings. The van der Waals surface area contributed by atoms with Crippen LogP contribution in [0.15, 0.2) is 30.6 Å². The highest BCUT2D eigenvalue weighted by Gasteiger charge is 2.33. The van der Waals surface area contributed by atoms with Crippen molar-refractivity contribution in [2.24, 2.45) is 7.05 Å². The molecule has 7 heteroatoms. The number of nitrogens with one attached hydrogen (secondary N) is 1. The van der Waals surface area contributed by atoms with Crippen molar-refractivity contribution < 1.29 is 9.53 Å². The van der Waals surface area contributed by atoms with Crippen LogP contribution in [0.4, 0.5) is 0 Å². The van der Waals surface area contributed by atoms with Crippen LogP contribution in [0, 0.1) is 11.3 Å². The van der Waals surface area contributed by atoms with Gasteiger partial charge in [-0.1, -0.05) is 0 Å². The van der Waals surface area contributed by atoms with E-state index in [0.717, 1.165) is 12.1 Å². The Kier molecular flexibility index (Phi) is 3.85. The lowest BCUT2D eigenvalue weighted by molar-refractivity contribution is 0.0789. The van der Waals surface area contributed by atoms with Gasteiger partial charge in [-0.3, -0.25) is 9.48 Å². The fraction of sp³-hybridized carbons (Fsp3) is 0.333. The Morgan fingerprint density at radius 2 is 2.36 bits per heavy atom. The monoisotopic (exact) mass is 297 g/mol. The van der Waals surface area contributed by atoms with Crippen LogP contribution >= 0.6 is 0 Å². The van der Waals surface area contributed by atoms with Gasteiger partial charge in [-0.25, -0.2) is 4.98 Å². The quantitative estimate of drug-likeness (QED) is 0.910. The summed E-state index contributed by atoms with van der Waals surface area (Å²) < 4.78 is 7.47. The molecule has 1 N–H and O–H groups in total. The van der Waals surface area contributed by atoms with Crippen molar-refractivity contribution in [3.63, 3.8) is 0 Å². The number of nitriles is 1. The number of carbonyl (C=O) groups is 1. The molecular formula is C15H15N5O2. The van der Waals surface area contributed by atoms with Crippen LogP contribution in [0.5, 0.6) is 0 Å². The van der Waals surface area contributed by atoms with Crippen molar-refractivity contribution in [1.82, 2.24) is 20.1 Å². The number of hydrogen-bond acceptors (Lipinski definition) is 5. The van der Waals surface area contributed by atoms with E-state index in [1.54, 1.807) is 23.0 Å². The van der Waals surface area contributed by atoms with E-state index >= 15 is 0 Å². The summed E-state index contributed by atoms with van der Waals surface area (Å²) in [7, 11) is 1.85. The molecule has 0 aliphatic carbocycles. The Morgan fingerprint density at radius 1 is 1.50 bits per heavy atom. The highest BCUT2D eigenvalue weighted by Crippen LogP contribution is 2.28. The number of carbonyl (C=O) groups excluding carboxylic acids is 1. The molecule has 2 aromatic rings. The summed E-state index contributed by atoms with van der Waals surface area (Å²) in [5.41, 5.74) is 1.64. The first kappa shape index (κ1) is 14.2. The molecular weight excluding hydrogens is 282 g/mol. The van der Waals surface area contributed by atoms with Gasteiger partial charge in [0.25, 0.3) is 5.91 Å². The number of pyridine rings is 1. The van der Waals surface area contributed by atoms with E-state index in [0.29, 0.717) is 12.2 Å². The number of aryl methyl sites for hydroxylation is 1. The third-order valence-electron chi connectivity index (χ3n) is 3.68. The zero-order valence-corrected chi connectivity index (χ0v) is 12.1. The summed E-state index contributed by atoms with van der Waals surface area (Å²) in [6, 6.07) is 6.85. The molecule has 3 heterocycles. The first-order chi connectivity index (χ1) is 10.7. The van der Waals surface area contributed by atoms with Gasteiger partial charge in [0.1, 0.15) is 17.9 Å². The average molecular weight is 297 g/mol. The largest absolute Gasteiger partial charge is 0.370 e. The van der Waals surface area contributed by atoms with Crippen LogP contribution in [0.1, 0.15) is 34.3 Å². The van der Waals surface area contributed by atoms with Crippen molar-refractivity contribution in [3.05, 3.63) is 47.5 Å². The maximum Gasteiger partial charge on any atom is 0.270 e. The Balaban J connectivity index is 1.72. The van der Waals surface area contributed by atoms with Gasteiger partial charge >= 0.3 is 0 Å². The smallest absolute Gasteiger partial charge is 0.270 e. The number of hydrogen-bond donors (Lipinski definition) is 1. The third-order valence-corrected chi connectivity index (χ3v) is 3.68. The summed E-state index contributed by atoms with van der Waals surface area (Å²) >= 11 is 0. The molecule has 1 fully saturated rings. The van der Waals surface area contributed by atoms with Gasteiger partial charge in [0.05, 0.1) is 17.3 Å². The van der Waals surface area contributed by atoms with Crippen molar-refractivity contribution in [2.75, 3.05) is 6.61 Å². The maximum absolute atomic E-state index is 12.3. The number of rotatable bonds is 3. The van der Waals surface area contributed by atoms with E-state index in [1.165, 1.54) is 6.20 Å². The summed E-state index contributed by atoms with van der Waals surface area (Å²) in [6.45, 7) is 0.585. The highest BCUT2D eigenvalue weighted by atomic mass is 16.5. The van der Waals surface area contributed by atoms with Gasteiger partial charge < -0.3 is 10.1 Å². The normalized spacial score (nSPS) is 20.5. The van der Waals surface area contributed by atoms with Crippen LogP contribution < -0.4 is 5.32 Å². The molecule has 1 saturated heterocycles. The molecule has 0 unspecified atom stereocenters. The van der Waals surface area contributed by atoms with Gasteiger partial charge in [0.2, 0.25) is 0 Å². The topological polar surface area (TPSA) is 92.8 Å². The molecule has 0 bridgehead atoms. The van der Waals surface area contributed by atoms with Crippen LogP contribution in [-0.2, 0) is 11.8 Å². The standard InChI is InChI=1S/C15H15N5O2/c1-20-13(4-6-18-20)14-11(5-7-22-14)19-15(21)12-3-2-10(8-16)9-17-12/h2-4,6,9,11,14H,5,7H2,1H3,(H,19,21)/t11-,14-/m0/s1. The minimum atomic E-state index is -0.271.